The van der Waals surface area contributed by atoms with Gasteiger partial charge in [-0.3, -0.25) is 0 Å². The van der Waals surface area contributed by atoms with Crippen LogP contribution in [-0.4, -0.2) is 0 Å². The van der Waals surface area contributed by atoms with E-state index in [9.17, 15) is 0 Å². The molecule has 98 valence electrons. The van der Waals surface area contributed by atoms with E-state index in [0.29, 0.717) is 5.92 Å². The van der Waals surface area contributed by atoms with Crippen LogP contribution < -0.4 is 0 Å². The molecule has 0 saturated heterocycles. The molecule has 1 atom stereocenters. The van der Waals surface area contributed by atoms with Crippen molar-refractivity contribution in [1.82, 2.24) is 0 Å². The maximum absolute atomic E-state index is 6.20. The molecule has 0 saturated carbocycles. The fraction of sp³-hybridized carbons (Fsp3) is 0.158. The third-order valence-corrected chi connectivity index (χ3v) is 4.01. The lowest BCUT2D eigenvalue weighted by Crippen LogP contribution is -2.00. The molecule has 0 radical (unpaired) electrons. The second-order valence-electron chi connectivity index (χ2n) is 5.53. The number of benzene rings is 2. The molecule has 0 N–H and O–H groups in total. The van der Waals surface area contributed by atoms with Crippen molar-refractivity contribution >= 4 is 17.0 Å². The van der Waals surface area contributed by atoms with E-state index in [1.807, 2.05) is 6.07 Å². The Kier molecular flexibility index (Phi) is 2.53. The van der Waals surface area contributed by atoms with E-state index in [1.165, 1.54) is 22.1 Å². The van der Waals surface area contributed by atoms with Gasteiger partial charge in [0.05, 0.1) is 0 Å². The normalized spacial score (nSPS) is 17.4. The molecule has 1 aromatic heterocycles. The van der Waals surface area contributed by atoms with Crippen LogP contribution in [0.4, 0.5) is 0 Å². The molecule has 0 bridgehead atoms. The van der Waals surface area contributed by atoms with E-state index in [4.69, 9.17) is 4.42 Å². The van der Waals surface area contributed by atoms with Gasteiger partial charge in [0.25, 0.3) is 0 Å². The number of furan rings is 1. The Morgan fingerprint density at radius 3 is 2.70 bits per heavy atom. The molecule has 0 amide bonds. The van der Waals surface area contributed by atoms with Gasteiger partial charge >= 0.3 is 0 Å². The molecule has 0 fully saturated rings. The third-order valence-electron chi connectivity index (χ3n) is 4.01. The van der Waals surface area contributed by atoms with Gasteiger partial charge in [0.15, 0.2) is 0 Å². The Morgan fingerprint density at radius 2 is 1.85 bits per heavy atom. The summed E-state index contributed by atoms with van der Waals surface area (Å²) < 4.78 is 6.20. The first kappa shape index (κ1) is 11.5. The zero-order valence-corrected chi connectivity index (χ0v) is 11.5. The molecular formula is C19H16O. The molecule has 1 heteroatoms. The van der Waals surface area contributed by atoms with Crippen LogP contribution in [0, 0.1) is 5.92 Å². The SMILES string of the molecule is CC1C=Cc2c(oc3c(-c4ccccc4)cccc23)C1. The lowest BCUT2D eigenvalue weighted by atomic mass is 9.94. The van der Waals surface area contributed by atoms with E-state index in [2.05, 4.69) is 61.5 Å². The second kappa shape index (κ2) is 4.38. The van der Waals surface area contributed by atoms with E-state index < -0.39 is 0 Å². The van der Waals surface area contributed by atoms with Gasteiger partial charge in [0.1, 0.15) is 11.3 Å². The quantitative estimate of drug-likeness (QED) is 0.578. The van der Waals surface area contributed by atoms with Gasteiger partial charge in [-0.1, -0.05) is 67.6 Å². The molecule has 1 nitrogen and oxygen atoms in total. The highest BCUT2D eigenvalue weighted by atomic mass is 16.3. The van der Waals surface area contributed by atoms with E-state index in [-0.39, 0.29) is 0 Å². The molecule has 3 aromatic rings. The number of hydrogen-bond acceptors (Lipinski definition) is 1. The minimum atomic E-state index is 0.559. The van der Waals surface area contributed by atoms with Gasteiger partial charge in [0, 0.05) is 22.9 Å². The minimum absolute atomic E-state index is 0.559. The summed E-state index contributed by atoms with van der Waals surface area (Å²) in [5, 5.41) is 1.23. The highest BCUT2D eigenvalue weighted by Gasteiger charge is 2.19. The van der Waals surface area contributed by atoms with Crippen LogP contribution in [0.2, 0.25) is 0 Å². The Morgan fingerprint density at radius 1 is 1.00 bits per heavy atom. The zero-order valence-electron chi connectivity index (χ0n) is 11.5. The Labute approximate surface area is 118 Å². The summed E-state index contributed by atoms with van der Waals surface area (Å²) in [7, 11) is 0. The summed E-state index contributed by atoms with van der Waals surface area (Å²) in [6.45, 7) is 2.23. The van der Waals surface area contributed by atoms with Gasteiger partial charge in [-0.2, -0.15) is 0 Å². The first-order valence-electron chi connectivity index (χ1n) is 7.11. The summed E-state index contributed by atoms with van der Waals surface area (Å²) in [6.07, 6.45) is 5.48. The molecule has 2 aromatic carbocycles. The Balaban J connectivity index is 1.99. The van der Waals surface area contributed by atoms with Gasteiger partial charge in [-0.25, -0.2) is 0 Å². The molecule has 1 unspecified atom stereocenters. The van der Waals surface area contributed by atoms with E-state index in [1.54, 1.807) is 0 Å². The van der Waals surface area contributed by atoms with Crippen LogP contribution in [-0.2, 0) is 6.42 Å². The lowest BCUT2D eigenvalue weighted by molar-refractivity contribution is 0.514. The minimum Gasteiger partial charge on any atom is -0.460 e. The molecule has 1 aliphatic rings. The summed E-state index contributed by atoms with van der Waals surface area (Å²) in [6, 6.07) is 16.9. The summed E-state index contributed by atoms with van der Waals surface area (Å²) in [5.74, 6) is 1.68. The first-order chi connectivity index (χ1) is 9.83. The van der Waals surface area contributed by atoms with Gasteiger partial charge < -0.3 is 4.42 Å². The topological polar surface area (TPSA) is 13.1 Å². The third kappa shape index (κ3) is 1.70. The summed E-state index contributed by atoms with van der Waals surface area (Å²) in [5.41, 5.74) is 4.66. The van der Waals surface area contributed by atoms with Crippen molar-refractivity contribution in [1.29, 1.82) is 0 Å². The van der Waals surface area contributed by atoms with Crippen LogP contribution in [0.25, 0.3) is 28.2 Å². The predicted octanol–water partition coefficient (Wildman–Crippen LogP) is 5.31. The van der Waals surface area contributed by atoms with Gasteiger partial charge in [-0.05, 0) is 11.5 Å². The average molecular weight is 260 g/mol. The Bertz CT molecular complexity index is 793. The lowest BCUT2D eigenvalue weighted by Gasteiger charge is -2.09. The largest absolute Gasteiger partial charge is 0.460 e. The number of allylic oxidation sites excluding steroid dienone is 1. The molecule has 0 aliphatic heterocycles. The van der Waals surface area contributed by atoms with E-state index >= 15 is 0 Å². The number of rotatable bonds is 1. The number of para-hydroxylation sites is 1. The van der Waals surface area contributed by atoms with Crippen molar-refractivity contribution in [2.45, 2.75) is 13.3 Å². The molecular weight excluding hydrogens is 244 g/mol. The summed E-state index contributed by atoms with van der Waals surface area (Å²) in [4.78, 5) is 0. The second-order valence-corrected chi connectivity index (χ2v) is 5.53. The van der Waals surface area contributed by atoms with Crippen molar-refractivity contribution in [2.75, 3.05) is 0 Å². The highest BCUT2D eigenvalue weighted by Crippen LogP contribution is 2.37. The van der Waals surface area contributed by atoms with Crippen molar-refractivity contribution in [3.05, 3.63) is 65.9 Å². The zero-order chi connectivity index (χ0) is 13.5. The predicted molar refractivity (Wildman–Crippen MR) is 83.6 cm³/mol. The van der Waals surface area contributed by atoms with Crippen molar-refractivity contribution < 1.29 is 4.42 Å². The number of fused-ring (bicyclic) bond motifs is 3. The van der Waals surface area contributed by atoms with E-state index in [0.717, 1.165) is 17.8 Å². The first-order valence-corrected chi connectivity index (χ1v) is 7.11. The van der Waals surface area contributed by atoms with Crippen LogP contribution in [0.5, 0.6) is 0 Å². The highest BCUT2D eigenvalue weighted by molar-refractivity contribution is 5.98. The molecule has 0 spiro atoms. The van der Waals surface area contributed by atoms with Crippen LogP contribution >= 0.6 is 0 Å². The smallest absolute Gasteiger partial charge is 0.142 e. The average Bonchev–Trinajstić information content (AvgIpc) is 2.85. The van der Waals surface area contributed by atoms with Crippen molar-refractivity contribution in [2.24, 2.45) is 5.92 Å². The summed E-state index contributed by atoms with van der Waals surface area (Å²) >= 11 is 0. The molecule has 1 aliphatic carbocycles. The molecule has 4 rings (SSSR count). The molecule has 1 heterocycles. The fourth-order valence-corrected chi connectivity index (χ4v) is 2.99. The number of hydrogen-bond donors (Lipinski definition) is 0. The van der Waals surface area contributed by atoms with Gasteiger partial charge in [-0.15, -0.1) is 0 Å². The standard InChI is InChI=1S/C19H16O/c1-13-10-11-16-17-9-5-8-15(14-6-3-2-4-7-14)19(17)20-18(16)12-13/h2-11,13H,12H2,1H3. The van der Waals surface area contributed by atoms with Crippen LogP contribution in [0.3, 0.4) is 0 Å². The maximum Gasteiger partial charge on any atom is 0.142 e. The monoisotopic (exact) mass is 260 g/mol. The molecule has 20 heavy (non-hydrogen) atoms. The maximum atomic E-state index is 6.20. The Hall–Kier alpha value is -2.28. The van der Waals surface area contributed by atoms with Crippen LogP contribution in [0.1, 0.15) is 18.2 Å². The fourth-order valence-electron chi connectivity index (χ4n) is 2.99. The van der Waals surface area contributed by atoms with Gasteiger partial charge in [0.2, 0.25) is 0 Å². The van der Waals surface area contributed by atoms with Crippen LogP contribution in [0.15, 0.2) is 59.0 Å². The van der Waals surface area contributed by atoms with Crippen molar-refractivity contribution in [3.63, 3.8) is 0 Å². The van der Waals surface area contributed by atoms with Crippen molar-refractivity contribution in [3.8, 4) is 11.1 Å².